The molecular formula is C22H26N6. The summed E-state index contributed by atoms with van der Waals surface area (Å²) in [5.74, 6) is 1.78. The van der Waals surface area contributed by atoms with Gasteiger partial charge in [0, 0.05) is 63.4 Å². The molecule has 0 radical (unpaired) electrons. The van der Waals surface area contributed by atoms with Crippen LogP contribution in [-0.4, -0.2) is 46.0 Å². The van der Waals surface area contributed by atoms with E-state index in [-0.39, 0.29) is 0 Å². The van der Waals surface area contributed by atoms with Crippen LogP contribution in [-0.2, 0) is 13.1 Å². The van der Waals surface area contributed by atoms with Crippen LogP contribution in [0.2, 0.25) is 0 Å². The van der Waals surface area contributed by atoms with Crippen molar-refractivity contribution in [3.05, 3.63) is 77.7 Å². The molecule has 1 N–H and O–H groups in total. The maximum Gasteiger partial charge on any atom is 0.222 e. The molecule has 4 rings (SSSR count). The van der Waals surface area contributed by atoms with E-state index in [1.165, 1.54) is 11.1 Å². The third-order valence-corrected chi connectivity index (χ3v) is 5.06. The van der Waals surface area contributed by atoms with Gasteiger partial charge in [-0.05, 0) is 24.1 Å². The van der Waals surface area contributed by atoms with Crippen molar-refractivity contribution in [1.29, 1.82) is 0 Å². The summed E-state index contributed by atoms with van der Waals surface area (Å²) in [6.45, 7) is 7.77. The molecule has 28 heavy (non-hydrogen) atoms. The first-order valence-electron chi connectivity index (χ1n) is 9.75. The molecule has 6 heteroatoms. The molecule has 0 atom stereocenters. The van der Waals surface area contributed by atoms with Crippen molar-refractivity contribution in [3.63, 3.8) is 0 Å². The van der Waals surface area contributed by atoms with Gasteiger partial charge in [0.1, 0.15) is 5.82 Å². The molecule has 144 valence electrons. The molecule has 3 heterocycles. The number of pyridine rings is 1. The Bertz CT molecular complexity index is 873. The maximum absolute atomic E-state index is 4.54. The molecule has 1 aromatic carbocycles. The average Bonchev–Trinajstić information content (AvgIpc) is 2.75. The lowest BCUT2D eigenvalue weighted by Gasteiger charge is -2.35. The smallest absolute Gasteiger partial charge is 0.222 e. The zero-order valence-electron chi connectivity index (χ0n) is 16.3. The van der Waals surface area contributed by atoms with Crippen molar-refractivity contribution in [2.24, 2.45) is 0 Å². The second-order valence-electron chi connectivity index (χ2n) is 7.16. The highest BCUT2D eigenvalue weighted by Gasteiger charge is 2.19. The minimum atomic E-state index is 0.669. The second-order valence-corrected chi connectivity index (χ2v) is 7.16. The maximum atomic E-state index is 4.54. The minimum Gasteiger partial charge on any atom is -0.354 e. The Kier molecular flexibility index (Phi) is 5.77. The standard InChI is InChI=1S/C22H26N6/c1-18-6-5-9-23-21(18)28-12-10-27(11-13-28)17-20-15-25-22(26-16-20)24-14-19-7-3-2-4-8-19/h2-9,15-16H,10-14,17H2,1H3,(H,24,25,26). The summed E-state index contributed by atoms with van der Waals surface area (Å²) < 4.78 is 0. The number of nitrogens with one attached hydrogen (secondary N) is 1. The summed E-state index contributed by atoms with van der Waals surface area (Å²) in [5, 5.41) is 3.27. The number of aryl methyl sites for hydroxylation is 1. The number of benzene rings is 1. The number of aromatic nitrogens is 3. The highest BCUT2D eigenvalue weighted by Crippen LogP contribution is 2.18. The van der Waals surface area contributed by atoms with Gasteiger partial charge in [0.05, 0.1) is 0 Å². The largest absolute Gasteiger partial charge is 0.354 e. The van der Waals surface area contributed by atoms with Crippen LogP contribution in [0.5, 0.6) is 0 Å². The zero-order valence-corrected chi connectivity index (χ0v) is 16.3. The molecule has 2 aromatic heterocycles. The third-order valence-electron chi connectivity index (χ3n) is 5.06. The summed E-state index contributed by atoms with van der Waals surface area (Å²) in [6, 6.07) is 14.4. The van der Waals surface area contributed by atoms with Gasteiger partial charge in [-0.2, -0.15) is 0 Å². The van der Waals surface area contributed by atoms with E-state index in [1.807, 2.05) is 42.9 Å². The predicted octanol–water partition coefficient (Wildman–Crippen LogP) is 3.11. The molecule has 0 spiro atoms. The number of rotatable bonds is 6. The van der Waals surface area contributed by atoms with Gasteiger partial charge in [0.25, 0.3) is 0 Å². The van der Waals surface area contributed by atoms with Crippen LogP contribution in [0, 0.1) is 6.92 Å². The molecule has 0 aliphatic carbocycles. The van der Waals surface area contributed by atoms with Crippen molar-refractivity contribution in [2.45, 2.75) is 20.0 Å². The van der Waals surface area contributed by atoms with Crippen LogP contribution < -0.4 is 10.2 Å². The van der Waals surface area contributed by atoms with Gasteiger partial charge in [-0.1, -0.05) is 36.4 Å². The Morgan fingerprint density at radius 1 is 0.857 bits per heavy atom. The molecule has 1 aliphatic rings. The minimum absolute atomic E-state index is 0.669. The van der Waals surface area contributed by atoms with Crippen molar-refractivity contribution >= 4 is 11.8 Å². The van der Waals surface area contributed by atoms with Gasteiger partial charge in [-0.3, -0.25) is 4.90 Å². The molecule has 0 saturated carbocycles. The van der Waals surface area contributed by atoms with Crippen molar-refractivity contribution in [3.8, 4) is 0 Å². The van der Waals surface area contributed by atoms with E-state index in [0.717, 1.165) is 50.6 Å². The summed E-state index contributed by atoms with van der Waals surface area (Å²) >= 11 is 0. The lowest BCUT2D eigenvalue weighted by Crippen LogP contribution is -2.46. The van der Waals surface area contributed by atoms with Crippen LogP contribution in [0.15, 0.2) is 61.1 Å². The third kappa shape index (κ3) is 4.64. The molecule has 1 aliphatic heterocycles. The average molecular weight is 374 g/mol. The van der Waals surface area contributed by atoms with Crippen molar-refractivity contribution in [2.75, 3.05) is 36.4 Å². The van der Waals surface area contributed by atoms with E-state index in [2.05, 4.69) is 55.2 Å². The van der Waals surface area contributed by atoms with E-state index in [1.54, 1.807) is 0 Å². The quantitative estimate of drug-likeness (QED) is 0.715. The van der Waals surface area contributed by atoms with Crippen molar-refractivity contribution < 1.29 is 0 Å². The highest BCUT2D eigenvalue weighted by atomic mass is 15.3. The Morgan fingerprint density at radius 3 is 2.32 bits per heavy atom. The summed E-state index contributed by atoms with van der Waals surface area (Å²) in [4.78, 5) is 18.3. The summed E-state index contributed by atoms with van der Waals surface area (Å²) in [5.41, 5.74) is 3.60. The second kappa shape index (κ2) is 8.80. The van der Waals surface area contributed by atoms with E-state index in [4.69, 9.17) is 0 Å². The molecular weight excluding hydrogens is 348 g/mol. The Balaban J connectivity index is 1.27. The van der Waals surface area contributed by atoms with Gasteiger partial charge in [0.2, 0.25) is 5.95 Å². The van der Waals surface area contributed by atoms with Crippen LogP contribution in [0.3, 0.4) is 0 Å². The molecule has 1 saturated heterocycles. The highest BCUT2D eigenvalue weighted by molar-refractivity contribution is 5.46. The van der Waals surface area contributed by atoms with Crippen LogP contribution in [0.1, 0.15) is 16.7 Å². The number of anilines is 2. The fourth-order valence-electron chi connectivity index (χ4n) is 3.49. The van der Waals surface area contributed by atoms with Gasteiger partial charge >= 0.3 is 0 Å². The molecule has 3 aromatic rings. The van der Waals surface area contributed by atoms with E-state index >= 15 is 0 Å². The van der Waals surface area contributed by atoms with E-state index < -0.39 is 0 Å². The Morgan fingerprint density at radius 2 is 1.61 bits per heavy atom. The van der Waals surface area contributed by atoms with Gasteiger partial charge in [-0.15, -0.1) is 0 Å². The molecule has 0 bridgehead atoms. The molecule has 0 amide bonds. The fourth-order valence-corrected chi connectivity index (χ4v) is 3.49. The van der Waals surface area contributed by atoms with E-state index in [9.17, 15) is 0 Å². The zero-order chi connectivity index (χ0) is 19.2. The Hall–Kier alpha value is -2.99. The first-order valence-corrected chi connectivity index (χ1v) is 9.75. The fraction of sp³-hybridized carbons (Fsp3) is 0.318. The Labute approximate surface area is 166 Å². The number of hydrogen-bond acceptors (Lipinski definition) is 6. The first kappa shape index (κ1) is 18.4. The van der Waals surface area contributed by atoms with Gasteiger partial charge in [0.15, 0.2) is 0 Å². The van der Waals surface area contributed by atoms with Crippen LogP contribution in [0.25, 0.3) is 0 Å². The first-order chi connectivity index (χ1) is 13.8. The number of hydrogen-bond donors (Lipinski definition) is 1. The summed E-state index contributed by atoms with van der Waals surface area (Å²) in [7, 11) is 0. The van der Waals surface area contributed by atoms with E-state index in [0.29, 0.717) is 5.95 Å². The van der Waals surface area contributed by atoms with Gasteiger partial charge in [-0.25, -0.2) is 15.0 Å². The lowest BCUT2D eigenvalue weighted by atomic mass is 10.2. The lowest BCUT2D eigenvalue weighted by molar-refractivity contribution is 0.248. The molecule has 1 fully saturated rings. The summed E-state index contributed by atoms with van der Waals surface area (Å²) in [6.07, 6.45) is 5.73. The van der Waals surface area contributed by atoms with Crippen LogP contribution in [0.4, 0.5) is 11.8 Å². The van der Waals surface area contributed by atoms with Crippen LogP contribution >= 0.6 is 0 Å². The topological polar surface area (TPSA) is 57.2 Å². The van der Waals surface area contributed by atoms with Gasteiger partial charge < -0.3 is 10.2 Å². The SMILES string of the molecule is Cc1cccnc1N1CCN(Cc2cnc(NCc3ccccc3)nc2)CC1. The normalized spacial score (nSPS) is 14.8. The number of piperazine rings is 1. The molecule has 6 nitrogen and oxygen atoms in total. The number of nitrogens with zero attached hydrogens (tertiary/aromatic N) is 5. The van der Waals surface area contributed by atoms with Crippen molar-refractivity contribution in [1.82, 2.24) is 19.9 Å². The monoisotopic (exact) mass is 374 g/mol. The predicted molar refractivity (Wildman–Crippen MR) is 112 cm³/mol. The molecule has 0 unspecified atom stereocenters.